The van der Waals surface area contributed by atoms with Crippen molar-refractivity contribution in [3.8, 4) is 6.07 Å². The van der Waals surface area contributed by atoms with Gasteiger partial charge in [-0.15, -0.1) is 0 Å². The van der Waals surface area contributed by atoms with Crippen molar-refractivity contribution in [2.24, 2.45) is 0 Å². The minimum Gasteiger partial charge on any atom is -0.372 e. The molecule has 2 aromatic carbocycles. The molecule has 1 aliphatic rings. The molecule has 0 bridgehead atoms. The molecule has 21 heavy (non-hydrogen) atoms. The number of ether oxygens (including phenoxy) is 1. The van der Waals surface area contributed by atoms with Gasteiger partial charge in [-0.2, -0.15) is 5.26 Å². The van der Waals surface area contributed by atoms with Crippen LogP contribution in [-0.2, 0) is 18.0 Å². The zero-order chi connectivity index (χ0) is 14.8. The zero-order valence-corrected chi connectivity index (χ0v) is 11.8. The number of nitriles is 1. The van der Waals surface area contributed by atoms with Crippen LogP contribution in [0.1, 0.15) is 27.0 Å². The number of rotatable bonds is 2. The second-order valence-corrected chi connectivity index (χ2v) is 5.14. The van der Waals surface area contributed by atoms with E-state index in [-0.39, 0.29) is 5.91 Å². The molecule has 0 radical (unpaired) electrons. The van der Waals surface area contributed by atoms with Crippen molar-refractivity contribution in [1.82, 2.24) is 0 Å². The highest BCUT2D eigenvalue weighted by molar-refractivity contribution is 6.34. The molecular weight excluding hydrogens is 288 g/mol. The molecule has 0 fully saturated rings. The third-order valence-corrected chi connectivity index (χ3v) is 3.64. The van der Waals surface area contributed by atoms with Crippen LogP contribution in [-0.4, -0.2) is 5.91 Å². The van der Waals surface area contributed by atoms with Crippen LogP contribution in [0.4, 0.5) is 5.69 Å². The van der Waals surface area contributed by atoms with Crippen LogP contribution in [0.15, 0.2) is 36.4 Å². The Labute approximate surface area is 126 Å². The largest absolute Gasteiger partial charge is 0.372 e. The Bertz CT molecular complexity index is 765. The van der Waals surface area contributed by atoms with E-state index in [1.54, 1.807) is 18.2 Å². The molecule has 1 amide bonds. The number of hydrogen-bond acceptors (Lipinski definition) is 3. The highest BCUT2D eigenvalue weighted by atomic mass is 35.5. The van der Waals surface area contributed by atoms with Crippen LogP contribution in [0, 0.1) is 11.3 Å². The van der Waals surface area contributed by atoms with Crippen molar-refractivity contribution in [2.45, 2.75) is 13.2 Å². The Morgan fingerprint density at radius 1 is 1.19 bits per heavy atom. The third-order valence-electron chi connectivity index (χ3n) is 3.33. The number of nitrogens with zero attached hydrogens (tertiary/aromatic N) is 1. The predicted molar refractivity (Wildman–Crippen MR) is 79.1 cm³/mol. The van der Waals surface area contributed by atoms with E-state index in [1.165, 1.54) is 6.07 Å². The number of carbonyl (C=O) groups excluding carboxylic acids is 1. The Balaban J connectivity index is 1.82. The maximum Gasteiger partial charge on any atom is 0.255 e. The number of benzene rings is 2. The van der Waals surface area contributed by atoms with E-state index in [0.717, 1.165) is 11.1 Å². The van der Waals surface area contributed by atoms with Gasteiger partial charge < -0.3 is 10.1 Å². The molecule has 0 atom stereocenters. The van der Waals surface area contributed by atoms with Crippen LogP contribution < -0.4 is 5.32 Å². The van der Waals surface area contributed by atoms with Crippen LogP contribution in [0.25, 0.3) is 0 Å². The van der Waals surface area contributed by atoms with Gasteiger partial charge in [0, 0.05) is 5.56 Å². The van der Waals surface area contributed by atoms with Gasteiger partial charge in [-0.1, -0.05) is 17.7 Å². The molecule has 0 aliphatic carbocycles. The molecule has 104 valence electrons. The van der Waals surface area contributed by atoms with E-state index in [0.29, 0.717) is 35.1 Å². The standard InChI is InChI=1S/C16H11ClN2O2/c17-14-5-10(7-18)1-4-15(14)19-16(20)11-2-3-12-8-21-9-13(12)6-11/h1-6H,8-9H2,(H,19,20). The van der Waals surface area contributed by atoms with Crippen LogP contribution in [0.2, 0.25) is 5.02 Å². The Hall–Kier alpha value is -2.35. The third kappa shape index (κ3) is 2.75. The lowest BCUT2D eigenvalue weighted by Crippen LogP contribution is -2.12. The SMILES string of the molecule is N#Cc1ccc(NC(=O)c2ccc3c(c2)COC3)c(Cl)c1. The molecule has 0 spiro atoms. The lowest BCUT2D eigenvalue weighted by molar-refractivity contribution is 0.102. The fourth-order valence-corrected chi connectivity index (χ4v) is 2.42. The predicted octanol–water partition coefficient (Wildman–Crippen LogP) is 3.49. The van der Waals surface area contributed by atoms with Crippen LogP contribution in [0.3, 0.4) is 0 Å². The number of anilines is 1. The minimum absolute atomic E-state index is 0.240. The average molecular weight is 299 g/mol. The molecule has 4 nitrogen and oxygen atoms in total. The van der Waals surface area contributed by atoms with Gasteiger partial charge in [-0.05, 0) is 41.5 Å². The molecule has 5 heteroatoms. The zero-order valence-electron chi connectivity index (χ0n) is 11.0. The summed E-state index contributed by atoms with van der Waals surface area (Å²) in [5, 5.41) is 11.9. The monoisotopic (exact) mass is 298 g/mol. The number of nitrogens with one attached hydrogen (secondary N) is 1. The number of fused-ring (bicyclic) bond motifs is 1. The van der Waals surface area contributed by atoms with Gasteiger partial charge >= 0.3 is 0 Å². The molecular formula is C16H11ClN2O2. The summed E-state index contributed by atoms with van der Waals surface area (Å²) in [6, 6.07) is 12.2. The first-order valence-corrected chi connectivity index (χ1v) is 6.76. The number of halogens is 1. The summed E-state index contributed by atoms with van der Waals surface area (Å²) < 4.78 is 5.33. The first kappa shape index (κ1) is 13.6. The van der Waals surface area contributed by atoms with Gasteiger partial charge in [0.25, 0.3) is 5.91 Å². The Kier molecular flexibility index (Phi) is 3.61. The summed E-state index contributed by atoms with van der Waals surface area (Å²) >= 11 is 6.05. The van der Waals surface area contributed by atoms with Crippen LogP contribution >= 0.6 is 11.6 Å². The summed E-state index contributed by atoms with van der Waals surface area (Å²) in [6.45, 7) is 1.13. The molecule has 2 aromatic rings. The molecule has 1 N–H and O–H groups in total. The molecule has 3 rings (SSSR count). The first-order chi connectivity index (χ1) is 10.2. The number of hydrogen-bond donors (Lipinski definition) is 1. The van der Waals surface area contributed by atoms with Crippen molar-refractivity contribution in [3.05, 3.63) is 63.7 Å². The average Bonchev–Trinajstić information content (AvgIpc) is 2.96. The van der Waals surface area contributed by atoms with Crippen molar-refractivity contribution >= 4 is 23.2 Å². The lowest BCUT2D eigenvalue weighted by atomic mass is 10.1. The molecule has 0 aromatic heterocycles. The van der Waals surface area contributed by atoms with Gasteiger partial charge in [0.15, 0.2) is 0 Å². The fourth-order valence-electron chi connectivity index (χ4n) is 2.19. The van der Waals surface area contributed by atoms with Crippen molar-refractivity contribution in [1.29, 1.82) is 5.26 Å². The van der Waals surface area contributed by atoms with Gasteiger partial charge in [0.05, 0.1) is 35.6 Å². The summed E-state index contributed by atoms with van der Waals surface area (Å²) in [6.07, 6.45) is 0. The molecule has 0 saturated carbocycles. The normalized spacial score (nSPS) is 12.6. The Morgan fingerprint density at radius 2 is 2.00 bits per heavy atom. The van der Waals surface area contributed by atoms with Gasteiger partial charge in [-0.3, -0.25) is 4.79 Å². The lowest BCUT2D eigenvalue weighted by Gasteiger charge is -2.08. The van der Waals surface area contributed by atoms with Crippen molar-refractivity contribution in [3.63, 3.8) is 0 Å². The minimum atomic E-state index is -0.240. The summed E-state index contributed by atoms with van der Waals surface area (Å²) in [7, 11) is 0. The summed E-state index contributed by atoms with van der Waals surface area (Å²) in [5.41, 5.74) is 3.64. The van der Waals surface area contributed by atoms with E-state index >= 15 is 0 Å². The highest BCUT2D eigenvalue weighted by Gasteiger charge is 2.15. The van der Waals surface area contributed by atoms with E-state index in [1.807, 2.05) is 18.2 Å². The second kappa shape index (κ2) is 5.57. The smallest absolute Gasteiger partial charge is 0.255 e. The Morgan fingerprint density at radius 3 is 2.76 bits per heavy atom. The van der Waals surface area contributed by atoms with Crippen molar-refractivity contribution < 1.29 is 9.53 Å². The van der Waals surface area contributed by atoms with E-state index in [2.05, 4.69) is 5.32 Å². The second-order valence-electron chi connectivity index (χ2n) is 4.74. The maximum atomic E-state index is 12.2. The van der Waals surface area contributed by atoms with E-state index < -0.39 is 0 Å². The number of amides is 1. The maximum absolute atomic E-state index is 12.2. The summed E-state index contributed by atoms with van der Waals surface area (Å²) in [4.78, 5) is 12.2. The molecule has 1 aliphatic heterocycles. The van der Waals surface area contributed by atoms with Gasteiger partial charge in [0.2, 0.25) is 0 Å². The molecule has 0 saturated heterocycles. The van der Waals surface area contributed by atoms with Gasteiger partial charge in [0.1, 0.15) is 0 Å². The topological polar surface area (TPSA) is 62.1 Å². The quantitative estimate of drug-likeness (QED) is 0.923. The summed E-state index contributed by atoms with van der Waals surface area (Å²) in [5.74, 6) is -0.240. The fraction of sp³-hybridized carbons (Fsp3) is 0.125. The van der Waals surface area contributed by atoms with E-state index in [4.69, 9.17) is 21.6 Å². The number of carbonyl (C=O) groups is 1. The van der Waals surface area contributed by atoms with Crippen molar-refractivity contribution in [2.75, 3.05) is 5.32 Å². The highest BCUT2D eigenvalue weighted by Crippen LogP contribution is 2.25. The molecule has 0 unspecified atom stereocenters. The van der Waals surface area contributed by atoms with Crippen LogP contribution in [0.5, 0.6) is 0 Å². The first-order valence-electron chi connectivity index (χ1n) is 6.38. The molecule has 1 heterocycles. The van der Waals surface area contributed by atoms with E-state index in [9.17, 15) is 4.79 Å². The van der Waals surface area contributed by atoms with Gasteiger partial charge in [-0.25, -0.2) is 0 Å².